The summed E-state index contributed by atoms with van der Waals surface area (Å²) in [6.07, 6.45) is 5.08. The molecule has 5 nitrogen and oxygen atoms in total. The minimum absolute atomic E-state index is 0.120. The molecule has 0 unspecified atom stereocenters. The summed E-state index contributed by atoms with van der Waals surface area (Å²) >= 11 is 0. The van der Waals surface area contributed by atoms with Gasteiger partial charge in [0, 0.05) is 24.8 Å². The van der Waals surface area contributed by atoms with Gasteiger partial charge in [-0.1, -0.05) is 48.2 Å². The number of carboxylic acid groups (broad SMARTS) is 1. The van der Waals surface area contributed by atoms with Crippen LogP contribution in [-0.4, -0.2) is 16.2 Å². The molecule has 1 heterocycles. The first-order chi connectivity index (χ1) is 13.6. The molecule has 0 fully saturated rings. The fourth-order valence-electron chi connectivity index (χ4n) is 2.44. The third-order valence-electron chi connectivity index (χ3n) is 3.74. The van der Waals surface area contributed by atoms with Crippen LogP contribution in [0.25, 0.3) is 29.5 Å². The molecule has 3 aromatic rings. The lowest BCUT2D eigenvalue weighted by atomic mass is 10.0. The van der Waals surface area contributed by atoms with Crippen molar-refractivity contribution in [2.75, 3.05) is 0 Å². The lowest BCUT2D eigenvalue weighted by molar-refractivity contribution is -0.00620. The average Bonchev–Trinajstić information content (AvgIpc) is 3.17. The Labute approximate surface area is 157 Å². The smallest absolute Gasteiger partial charge is 0.335 e. The van der Waals surface area contributed by atoms with Crippen molar-refractivity contribution in [2.45, 2.75) is 0 Å². The van der Waals surface area contributed by atoms with Crippen LogP contribution in [0.1, 0.15) is 27.2 Å². The van der Waals surface area contributed by atoms with Gasteiger partial charge in [-0.2, -0.15) is 0 Å². The van der Waals surface area contributed by atoms with Gasteiger partial charge in [-0.25, -0.2) is 4.79 Å². The van der Waals surface area contributed by atoms with Gasteiger partial charge < -0.3 is 9.63 Å². The number of hydrogen-bond donors (Lipinski definition) is 1. The third kappa shape index (κ3) is 4.67. The van der Waals surface area contributed by atoms with Crippen LogP contribution in [0, 0.1) is 0 Å². The maximum Gasteiger partial charge on any atom is 0.335 e. The highest BCUT2D eigenvalue weighted by Crippen LogP contribution is 2.28. The van der Waals surface area contributed by atoms with Crippen molar-refractivity contribution in [3.8, 4) is 17.0 Å². The van der Waals surface area contributed by atoms with Crippen molar-refractivity contribution >= 4 is 24.2 Å². The summed E-state index contributed by atoms with van der Waals surface area (Å²) in [6, 6.07) is 12.8. The van der Waals surface area contributed by atoms with Crippen LogP contribution in [0.3, 0.4) is 0 Å². The van der Waals surface area contributed by atoms with E-state index in [1.54, 1.807) is 42.5 Å². The van der Waals surface area contributed by atoms with Crippen molar-refractivity contribution in [1.82, 2.24) is 5.16 Å². The molecule has 0 saturated carbocycles. The summed E-state index contributed by atoms with van der Waals surface area (Å²) in [5.74, 6) is -0.424. The highest BCUT2D eigenvalue weighted by molar-refractivity contribution is 5.90. The Morgan fingerprint density at radius 1 is 1.14 bits per heavy atom. The van der Waals surface area contributed by atoms with E-state index in [0.717, 1.165) is 5.56 Å². The molecule has 0 bridgehead atoms. The van der Waals surface area contributed by atoms with Crippen LogP contribution in [-0.2, 0) is 0 Å². The van der Waals surface area contributed by atoms with Gasteiger partial charge in [0.1, 0.15) is 5.69 Å². The third-order valence-corrected chi connectivity index (χ3v) is 3.74. The zero-order valence-electron chi connectivity index (χ0n) is 14.3. The zero-order chi connectivity index (χ0) is 20.5. The highest BCUT2D eigenvalue weighted by atomic mass is 20.0. The minimum atomic E-state index is -1.02. The number of nitrogens with zero attached hydrogens (tertiary/aromatic N) is 1. The predicted octanol–water partition coefficient (Wildman–Crippen LogP) is 5.96. The number of halogens is 3. The normalized spacial score (nSPS) is 10.2. The fraction of sp³-hybridized carbons (Fsp3) is 0. The molecule has 1 aromatic heterocycles. The van der Waals surface area contributed by atoms with Crippen molar-refractivity contribution in [3.63, 3.8) is 0 Å². The lowest BCUT2D eigenvalue weighted by Crippen LogP contribution is -1.96. The topological polar surface area (TPSA) is 72.6 Å². The molecule has 0 aliphatic carbocycles. The fourth-order valence-corrected chi connectivity index (χ4v) is 2.44. The van der Waals surface area contributed by atoms with Gasteiger partial charge in [0.15, 0.2) is 11.5 Å². The molecular formula is C20H14F3NO4. The summed E-state index contributed by atoms with van der Waals surface area (Å²) < 4.78 is 33.4. The number of aromatic carboxylic acids is 1. The molecule has 0 aliphatic heterocycles. The molecule has 0 aliphatic rings. The average molecular weight is 389 g/mol. The van der Waals surface area contributed by atoms with Crippen LogP contribution in [0.15, 0.2) is 59.6 Å². The summed E-state index contributed by atoms with van der Waals surface area (Å²) in [6.45, 7) is 3.78. The standard InChI is InChI=1S/C20H14FNO4.F2/c1-2-17-18(11-8-13-6-9-16(25-21)10-7-13)26-22-19(17)14-4-3-5-15(12-14)20(23)24;1-2/h2-12H,1H2,(H,23,24);/b11-8+;. The van der Waals surface area contributed by atoms with Crippen LogP contribution in [0.5, 0.6) is 5.75 Å². The Morgan fingerprint density at radius 3 is 2.46 bits per heavy atom. The summed E-state index contributed by atoms with van der Waals surface area (Å²) in [7, 11) is 0. The zero-order valence-corrected chi connectivity index (χ0v) is 14.3. The first kappa shape index (κ1) is 20.5. The quantitative estimate of drug-likeness (QED) is 0.563. The van der Waals surface area contributed by atoms with E-state index in [4.69, 9.17) is 18.8 Å². The summed E-state index contributed by atoms with van der Waals surface area (Å²) in [5, 5.41) is 13.2. The molecule has 0 saturated heterocycles. The van der Waals surface area contributed by atoms with Gasteiger partial charge in [0.05, 0.1) is 5.56 Å². The van der Waals surface area contributed by atoms with Crippen LogP contribution < -0.4 is 4.94 Å². The maximum absolute atomic E-state index is 12.1. The number of aromatic nitrogens is 1. The molecule has 1 N–H and O–H groups in total. The largest absolute Gasteiger partial charge is 0.478 e. The second kappa shape index (κ2) is 9.77. The van der Waals surface area contributed by atoms with Gasteiger partial charge in [-0.05, 0) is 35.9 Å². The summed E-state index contributed by atoms with van der Waals surface area (Å²) in [5.41, 5.74) is 2.74. The second-order valence-electron chi connectivity index (χ2n) is 5.38. The molecule has 0 amide bonds. The molecule has 3 rings (SSSR count). The van der Waals surface area contributed by atoms with Crippen molar-refractivity contribution in [2.24, 2.45) is 0 Å². The number of carboxylic acids is 1. The number of benzene rings is 2. The van der Waals surface area contributed by atoms with Gasteiger partial charge in [0.25, 0.3) is 0 Å². The number of rotatable bonds is 6. The van der Waals surface area contributed by atoms with Gasteiger partial charge >= 0.3 is 5.97 Å². The van der Waals surface area contributed by atoms with E-state index >= 15 is 0 Å². The second-order valence-corrected chi connectivity index (χ2v) is 5.38. The lowest BCUT2D eigenvalue weighted by Gasteiger charge is -2.00. The molecule has 8 heteroatoms. The molecule has 0 radical (unpaired) electrons. The van der Waals surface area contributed by atoms with E-state index in [1.807, 2.05) is 0 Å². The van der Waals surface area contributed by atoms with Crippen molar-refractivity contribution in [1.29, 1.82) is 0 Å². The molecule has 144 valence electrons. The Bertz CT molecular complexity index is 981. The molecule has 28 heavy (non-hydrogen) atoms. The maximum atomic E-state index is 12.1. The van der Waals surface area contributed by atoms with Crippen molar-refractivity contribution in [3.05, 3.63) is 77.6 Å². The van der Waals surface area contributed by atoms with Crippen LogP contribution in [0.4, 0.5) is 13.7 Å². The first-order valence-corrected chi connectivity index (χ1v) is 7.79. The SMILES string of the molecule is C=Cc1c(-c2cccc(C(=O)O)c2)noc1/C=C/c1ccc(OF)cc1.FF. The Morgan fingerprint density at radius 2 is 1.86 bits per heavy atom. The molecular weight excluding hydrogens is 375 g/mol. The van der Waals surface area contributed by atoms with Gasteiger partial charge in [-0.3, -0.25) is 4.94 Å². The van der Waals surface area contributed by atoms with E-state index in [0.29, 0.717) is 22.6 Å². The number of carbonyl (C=O) groups is 1. The van der Waals surface area contributed by atoms with E-state index < -0.39 is 5.97 Å². The molecule has 0 spiro atoms. The minimum Gasteiger partial charge on any atom is -0.478 e. The highest BCUT2D eigenvalue weighted by Gasteiger charge is 2.14. The van der Waals surface area contributed by atoms with E-state index in [1.165, 1.54) is 24.3 Å². The van der Waals surface area contributed by atoms with Crippen LogP contribution in [0.2, 0.25) is 0 Å². The van der Waals surface area contributed by atoms with E-state index in [9.17, 15) is 9.32 Å². The first-order valence-electron chi connectivity index (χ1n) is 7.79. The summed E-state index contributed by atoms with van der Waals surface area (Å²) in [4.78, 5) is 14.8. The van der Waals surface area contributed by atoms with Gasteiger partial charge in [0.2, 0.25) is 0 Å². The molecule has 0 atom stereocenters. The number of hydrogen-bond acceptors (Lipinski definition) is 4. The Balaban J connectivity index is 0.00000136. The van der Waals surface area contributed by atoms with E-state index in [2.05, 4.69) is 16.7 Å². The van der Waals surface area contributed by atoms with Gasteiger partial charge in [-0.15, -0.1) is 0 Å². The monoisotopic (exact) mass is 389 g/mol. The van der Waals surface area contributed by atoms with E-state index in [-0.39, 0.29) is 11.3 Å². The predicted molar refractivity (Wildman–Crippen MR) is 98.3 cm³/mol. The Hall–Kier alpha value is -3.81. The Kier molecular flexibility index (Phi) is 7.15. The molecule has 2 aromatic carbocycles. The van der Waals surface area contributed by atoms with Crippen molar-refractivity contribution < 1.29 is 33.0 Å². The van der Waals surface area contributed by atoms with Crippen LogP contribution >= 0.6 is 0 Å².